The van der Waals surface area contributed by atoms with Crippen molar-refractivity contribution in [1.29, 1.82) is 0 Å². The topological polar surface area (TPSA) is 67.4 Å². The first-order chi connectivity index (χ1) is 12.2. The third kappa shape index (κ3) is 5.59. The van der Waals surface area contributed by atoms with E-state index in [0.717, 1.165) is 10.0 Å². The molecule has 0 spiro atoms. The average Bonchev–Trinajstić information content (AvgIpc) is 2.54. The Bertz CT molecular complexity index is 796. The highest BCUT2D eigenvalue weighted by atomic mass is 79.9. The molecule has 0 saturated heterocycles. The zero-order valence-corrected chi connectivity index (χ0v) is 16.9. The van der Waals surface area contributed by atoms with Crippen molar-refractivity contribution in [2.45, 2.75) is 39.7 Å². The van der Waals surface area contributed by atoms with Crippen LogP contribution in [0, 0.1) is 0 Å². The molecule has 0 aliphatic rings. The largest absolute Gasteiger partial charge is 0.444 e. The van der Waals surface area contributed by atoms with Crippen LogP contribution in [-0.2, 0) is 11.2 Å². The third-order valence-electron chi connectivity index (χ3n) is 3.52. The number of carbonyl (C=O) groups is 2. The highest BCUT2D eigenvalue weighted by Crippen LogP contribution is 2.26. The van der Waals surface area contributed by atoms with Gasteiger partial charge in [-0.3, -0.25) is 10.1 Å². The summed E-state index contributed by atoms with van der Waals surface area (Å²) in [7, 11) is 0. The van der Waals surface area contributed by atoms with Gasteiger partial charge in [0, 0.05) is 21.4 Å². The summed E-state index contributed by atoms with van der Waals surface area (Å²) >= 11 is 3.35. The van der Waals surface area contributed by atoms with E-state index in [2.05, 4.69) is 26.6 Å². The third-order valence-corrected chi connectivity index (χ3v) is 4.05. The number of ether oxygens (including phenoxy) is 1. The van der Waals surface area contributed by atoms with E-state index in [1.165, 1.54) is 0 Å². The van der Waals surface area contributed by atoms with Crippen molar-refractivity contribution in [1.82, 2.24) is 0 Å². The van der Waals surface area contributed by atoms with E-state index >= 15 is 0 Å². The van der Waals surface area contributed by atoms with Gasteiger partial charge in [-0.25, -0.2) is 4.79 Å². The maximum absolute atomic E-state index is 12.5. The van der Waals surface area contributed by atoms with Crippen molar-refractivity contribution in [3.8, 4) is 0 Å². The molecule has 26 heavy (non-hydrogen) atoms. The number of hydrogen-bond donors (Lipinski definition) is 2. The van der Waals surface area contributed by atoms with Gasteiger partial charge in [0.2, 0.25) is 0 Å². The Hall–Kier alpha value is -2.34. The molecule has 0 aromatic heterocycles. The molecule has 0 unspecified atom stereocenters. The van der Waals surface area contributed by atoms with Crippen LogP contribution in [0.1, 0.15) is 43.6 Å². The summed E-state index contributed by atoms with van der Waals surface area (Å²) in [6, 6.07) is 12.5. The zero-order chi connectivity index (χ0) is 19.3. The number of nitrogens with one attached hydrogen (secondary N) is 2. The van der Waals surface area contributed by atoms with E-state index < -0.39 is 11.7 Å². The van der Waals surface area contributed by atoms with Crippen LogP contribution in [0.15, 0.2) is 46.9 Å². The highest BCUT2D eigenvalue weighted by molar-refractivity contribution is 9.10. The van der Waals surface area contributed by atoms with Crippen molar-refractivity contribution >= 4 is 39.3 Å². The van der Waals surface area contributed by atoms with Crippen molar-refractivity contribution in [3.05, 3.63) is 58.1 Å². The van der Waals surface area contributed by atoms with Crippen LogP contribution in [0.5, 0.6) is 0 Å². The summed E-state index contributed by atoms with van der Waals surface area (Å²) < 4.78 is 6.21. The minimum absolute atomic E-state index is 0.207. The lowest BCUT2D eigenvalue weighted by molar-refractivity contribution is 0.0635. The maximum Gasteiger partial charge on any atom is 0.412 e. The molecule has 0 aliphatic carbocycles. The van der Waals surface area contributed by atoms with Crippen molar-refractivity contribution < 1.29 is 14.3 Å². The van der Waals surface area contributed by atoms with E-state index in [-0.39, 0.29) is 5.91 Å². The molecule has 0 saturated carbocycles. The van der Waals surface area contributed by atoms with Crippen molar-refractivity contribution in [2.75, 3.05) is 10.6 Å². The quantitative estimate of drug-likeness (QED) is 0.677. The fourth-order valence-electron chi connectivity index (χ4n) is 2.41. The van der Waals surface area contributed by atoms with Crippen LogP contribution in [0.4, 0.5) is 16.2 Å². The SMILES string of the molecule is CCc1c(NC(=O)OC(C)(C)C)cccc1NC(=O)c1ccc(Br)cc1. The molecule has 0 aliphatic heterocycles. The van der Waals surface area contributed by atoms with E-state index in [9.17, 15) is 9.59 Å². The van der Waals surface area contributed by atoms with Crippen LogP contribution >= 0.6 is 15.9 Å². The second-order valence-electron chi connectivity index (χ2n) is 6.77. The summed E-state index contributed by atoms with van der Waals surface area (Å²) in [6.07, 6.45) is 0.116. The zero-order valence-electron chi connectivity index (χ0n) is 15.4. The summed E-state index contributed by atoms with van der Waals surface area (Å²) in [6.45, 7) is 7.39. The van der Waals surface area contributed by atoms with Crippen molar-refractivity contribution in [3.63, 3.8) is 0 Å². The highest BCUT2D eigenvalue weighted by Gasteiger charge is 2.18. The smallest absolute Gasteiger partial charge is 0.412 e. The molecular weight excluding hydrogens is 396 g/mol. The number of carbonyl (C=O) groups excluding carboxylic acids is 2. The monoisotopic (exact) mass is 418 g/mol. The van der Waals surface area contributed by atoms with Gasteiger partial charge in [0.1, 0.15) is 5.60 Å². The number of amides is 2. The van der Waals surface area contributed by atoms with Gasteiger partial charge in [-0.05, 0) is 69.2 Å². The molecule has 2 aromatic carbocycles. The molecule has 5 nitrogen and oxygen atoms in total. The van der Waals surface area contributed by atoms with Gasteiger partial charge in [-0.15, -0.1) is 0 Å². The molecule has 6 heteroatoms. The lowest BCUT2D eigenvalue weighted by atomic mass is 10.1. The molecule has 0 bridgehead atoms. The molecular formula is C20H23BrN2O3. The van der Waals surface area contributed by atoms with Gasteiger partial charge in [-0.1, -0.05) is 28.9 Å². The molecule has 138 valence electrons. The predicted molar refractivity (Wildman–Crippen MR) is 108 cm³/mol. The summed E-state index contributed by atoms with van der Waals surface area (Å²) in [5.41, 5.74) is 2.10. The fourth-order valence-corrected chi connectivity index (χ4v) is 2.68. The standard InChI is InChI=1S/C20H23BrN2O3/c1-5-15-16(22-18(24)13-9-11-14(21)12-10-13)7-6-8-17(15)23-19(25)26-20(2,3)4/h6-12H,5H2,1-4H3,(H,22,24)(H,23,25). The molecule has 2 aromatic rings. The van der Waals surface area contributed by atoms with Crippen LogP contribution in [0.3, 0.4) is 0 Å². The van der Waals surface area contributed by atoms with E-state index in [0.29, 0.717) is 23.4 Å². The molecule has 0 heterocycles. The summed E-state index contributed by atoms with van der Waals surface area (Å²) in [5.74, 6) is -0.207. The number of benzene rings is 2. The Labute approximate surface area is 162 Å². The van der Waals surface area contributed by atoms with Gasteiger partial charge in [-0.2, -0.15) is 0 Å². The lowest BCUT2D eigenvalue weighted by Gasteiger charge is -2.21. The summed E-state index contributed by atoms with van der Waals surface area (Å²) in [4.78, 5) is 24.5. The first-order valence-corrected chi connectivity index (χ1v) is 9.17. The molecule has 0 fully saturated rings. The van der Waals surface area contributed by atoms with Crippen LogP contribution in [0.25, 0.3) is 0 Å². The van der Waals surface area contributed by atoms with Crippen LogP contribution in [0.2, 0.25) is 0 Å². The average molecular weight is 419 g/mol. The van der Waals surface area contributed by atoms with Gasteiger partial charge in [0.25, 0.3) is 5.91 Å². The Balaban J connectivity index is 2.20. The van der Waals surface area contributed by atoms with Crippen molar-refractivity contribution in [2.24, 2.45) is 0 Å². The van der Waals surface area contributed by atoms with Gasteiger partial charge in [0.05, 0.1) is 0 Å². The predicted octanol–water partition coefficient (Wildman–Crippen LogP) is 5.61. The minimum Gasteiger partial charge on any atom is -0.444 e. The first kappa shape index (κ1) is 20.0. The normalized spacial score (nSPS) is 11.0. The summed E-state index contributed by atoms with van der Waals surface area (Å²) in [5, 5.41) is 5.67. The number of anilines is 2. The second-order valence-corrected chi connectivity index (χ2v) is 7.69. The Morgan fingerprint density at radius 3 is 2.12 bits per heavy atom. The van der Waals surface area contributed by atoms with Gasteiger partial charge in [0.15, 0.2) is 0 Å². The Morgan fingerprint density at radius 1 is 1.00 bits per heavy atom. The van der Waals surface area contributed by atoms with Gasteiger partial charge < -0.3 is 10.1 Å². The van der Waals surface area contributed by atoms with E-state index in [1.807, 2.05) is 45.9 Å². The van der Waals surface area contributed by atoms with E-state index in [4.69, 9.17) is 4.74 Å². The lowest BCUT2D eigenvalue weighted by Crippen LogP contribution is -2.27. The molecule has 2 N–H and O–H groups in total. The maximum atomic E-state index is 12.5. The number of hydrogen-bond acceptors (Lipinski definition) is 3. The fraction of sp³-hybridized carbons (Fsp3) is 0.300. The molecule has 2 rings (SSSR count). The number of halogens is 1. The minimum atomic E-state index is -0.579. The first-order valence-electron chi connectivity index (χ1n) is 8.38. The van der Waals surface area contributed by atoms with E-state index in [1.54, 1.807) is 24.3 Å². The van der Waals surface area contributed by atoms with Crippen LogP contribution < -0.4 is 10.6 Å². The molecule has 0 atom stereocenters. The number of rotatable bonds is 4. The molecule has 2 amide bonds. The second kappa shape index (κ2) is 8.36. The molecule has 0 radical (unpaired) electrons. The van der Waals surface area contributed by atoms with Gasteiger partial charge >= 0.3 is 6.09 Å². The van der Waals surface area contributed by atoms with Crippen LogP contribution in [-0.4, -0.2) is 17.6 Å². The Morgan fingerprint density at radius 2 is 1.58 bits per heavy atom. The Kier molecular flexibility index (Phi) is 6.42.